The van der Waals surface area contributed by atoms with E-state index in [2.05, 4.69) is 25.6 Å². The number of para-hydroxylation sites is 1. The second kappa shape index (κ2) is 6.52. The summed E-state index contributed by atoms with van der Waals surface area (Å²) < 4.78 is 13.0. The van der Waals surface area contributed by atoms with Crippen LogP contribution in [0.1, 0.15) is 0 Å². The van der Waals surface area contributed by atoms with E-state index in [0.717, 1.165) is 22.3 Å². The zero-order valence-electron chi connectivity index (χ0n) is 13.1. The van der Waals surface area contributed by atoms with Crippen LogP contribution < -0.4 is 10.6 Å². The molecule has 0 saturated carbocycles. The van der Waals surface area contributed by atoms with Crippen LogP contribution >= 0.6 is 0 Å². The Bertz CT molecular complexity index is 1010. The van der Waals surface area contributed by atoms with E-state index in [1.165, 1.54) is 18.5 Å². The van der Waals surface area contributed by atoms with Crippen LogP contribution in [0.5, 0.6) is 0 Å². The third-order valence-corrected chi connectivity index (χ3v) is 3.68. The molecule has 2 N–H and O–H groups in total. The second-order valence-electron chi connectivity index (χ2n) is 5.43. The Hall–Kier alpha value is -3.54. The van der Waals surface area contributed by atoms with E-state index in [9.17, 15) is 4.39 Å². The van der Waals surface area contributed by atoms with Crippen molar-refractivity contribution in [2.24, 2.45) is 0 Å². The van der Waals surface area contributed by atoms with Crippen LogP contribution in [0, 0.1) is 5.82 Å². The number of nitrogens with one attached hydrogen (secondary N) is 2. The molecule has 0 aliphatic heterocycles. The fourth-order valence-corrected chi connectivity index (χ4v) is 2.52. The van der Waals surface area contributed by atoms with Gasteiger partial charge in [0.05, 0.1) is 11.2 Å². The minimum Gasteiger partial charge on any atom is -0.340 e. The Labute approximate surface area is 143 Å². The molecule has 122 valence electrons. The van der Waals surface area contributed by atoms with Crippen molar-refractivity contribution in [3.05, 3.63) is 79.0 Å². The molecular weight excluding hydrogens is 317 g/mol. The zero-order valence-corrected chi connectivity index (χ0v) is 13.1. The lowest BCUT2D eigenvalue weighted by molar-refractivity contribution is 0.628. The normalized spacial score (nSPS) is 10.6. The van der Waals surface area contributed by atoms with Crippen LogP contribution in [0.2, 0.25) is 0 Å². The average molecular weight is 331 g/mol. The van der Waals surface area contributed by atoms with Crippen LogP contribution in [0.15, 0.2) is 73.2 Å². The van der Waals surface area contributed by atoms with Crippen LogP contribution in [-0.4, -0.2) is 15.0 Å². The van der Waals surface area contributed by atoms with Crippen molar-refractivity contribution in [3.63, 3.8) is 0 Å². The smallest absolute Gasteiger partial charge is 0.135 e. The van der Waals surface area contributed by atoms with Crippen molar-refractivity contribution in [2.45, 2.75) is 0 Å². The Morgan fingerprint density at radius 1 is 0.760 bits per heavy atom. The van der Waals surface area contributed by atoms with E-state index in [4.69, 9.17) is 0 Å². The van der Waals surface area contributed by atoms with Gasteiger partial charge in [-0.15, -0.1) is 0 Å². The van der Waals surface area contributed by atoms with Crippen molar-refractivity contribution in [3.8, 4) is 0 Å². The quantitative estimate of drug-likeness (QED) is 0.570. The minimum absolute atomic E-state index is 0.279. The maximum atomic E-state index is 13.0. The molecule has 5 nitrogen and oxygen atoms in total. The number of anilines is 4. The molecule has 0 bridgehead atoms. The van der Waals surface area contributed by atoms with Gasteiger partial charge in [-0.2, -0.15) is 0 Å². The highest BCUT2D eigenvalue weighted by molar-refractivity contribution is 5.91. The molecule has 2 aromatic heterocycles. The van der Waals surface area contributed by atoms with Gasteiger partial charge in [-0.05, 0) is 36.4 Å². The Balaban J connectivity index is 1.60. The molecule has 0 radical (unpaired) electrons. The van der Waals surface area contributed by atoms with Crippen molar-refractivity contribution in [1.82, 2.24) is 15.0 Å². The first-order valence-corrected chi connectivity index (χ1v) is 7.73. The molecule has 0 amide bonds. The van der Waals surface area contributed by atoms with Gasteiger partial charge in [-0.3, -0.25) is 4.98 Å². The number of aromatic nitrogens is 3. The first-order chi connectivity index (χ1) is 12.3. The van der Waals surface area contributed by atoms with E-state index in [0.29, 0.717) is 11.6 Å². The van der Waals surface area contributed by atoms with Gasteiger partial charge in [-0.1, -0.05) is 18.2 Å². The van der Waals surface area contributed by atoms with Crippen LogP contribution in [0.3, 0.4) is 0 Å². The summed E-state index contributed by atoms with van der Waals surface area (Å²) in [6, 6.07) is 17.7. The van der Waals surface area contributed by atoms with Gasteiger partial charge in [0.1, 0.15) is 23.8 Å². The first kappa shape index (κ1) is 15.0. The predicted octanol–water partition coefficient (Wildman–Crippen LogP) is 4.65. The summed E-state index contributed by atoms with van der Waals surface area (Å²) in [5, 5.41) is 7.44. The number of pyridine rings is 1. The molecule has 0 atom stereocenters. The summed E-state index contributed by atoms with van der Waals surface area (Å²) in [5.74, 6) is 0.967. The fourth-order valence-electron chi connectivity index (χ4n) is 2.52. The molecule has 25 heavy (non-hydrogen) atoms. The number of nitrogens with zero attached hydrogens (tertiary/aromatic N) is 3. The second-order valence-corrected chi connectivity index (χ2v) is 5.43. The molecule has 4 rings (SSSR count). The largest absolute Gasteiger partial charge is 0.340 e. The van der Waals surface area contributed by atoms with E-state index in [1.54, 1.807) is 24.4 Å². The zero-order chi connectivity index (χ0) is 17.1. The Kier molecular flexibility index (Phi) is 3.92. The summed E-state index contributed by atoms with van der Waals surface area (Å²) in [6.07, 6.45) is 3.22. The molecule has 0 aliphatic carbocycles. The average Bonchev–Trinajstić information content (AvgIpc) is 2.64. The van der Waals surface area contributed by atoms with Crippen LogP contribution in [0.4, 0.5) is 27.4 Å². The summed E-state index contributed by atoms with van der Waals surface area (Å²) in [7, 11) is 0. The van der Waals surface area contributed by atoms with Gasteiger partial charge in [0, 0.05) is 23.3 Å². The molecule has 2 aromatic carbocycles. The molecule has 4 aromatic rings. The third kappa shape index (κ3) is 3.37. The third-order valence-electron chi connectivity index (χ3n) is 3.68. The van der Waals surface area contributed by atoms with Gasteiger partial charge in [0.25, 0.3) is 0 Å². The number of hydrogen-bond acceptors (Lipinski definition) is 5. The van der Waals surface area contributed by atoms with E-state index in [1.807, 2.05) is 30.3 Å². The van der Waals surface area contributed by atoms with E-state index < -0.39 is 0 Å². The summed E-state index contributed by atoms with van der Waals surface area (Å²) >= 11 is 0. The number of fused-ring (bicyclic) bond motifs is 1. The monoisotopic (exact) mass is 331 g/mol. The molecule has 0 unspecified atom stereocenters. The molecule has 0 spiro atoms. The lowest BCUT2D eigenvalue weighted by Gasteiger charge is -2.10. The molecule has 2 heterocycles. The highest BCUT2D eigenvalue weighted by atomic mass is 19.1. The highest BCUT2D eigenvalue weighted by Crippen LogP contribution is 2.24. The Morgan fingerprint density at radius 2 is 1.52 bits per heavy atom. The number of rotatable bonds is 4. The van der Waals surface area contributed by atoms with Gasteiger partial charge in [-0.25, -0.2) is 14.4 Å². The topological polar surface area (TPSA) is 62.7 Å². The highest BCUT2D eigenvalue weighted by Gasteiger charge is 2.04. The van der Waals surface area contributed by atoms with Crippen molar-refractivity contribution < 1.29 is 4.39 Å². The SMILES string of the molecule is Fc1ccc(Nc2cc(Nc3cccc4cccnc34)ncn2)cc1. The van der Waals surface area contributed by atoms with Crippen molar-refractivity contribution in [1.29, 1.82) is 0 Å². The van der Waals surface area contributed by atoms with Gasteiger partial charge in [0.2, 0.25) is 0 Å². The lowest BCUT2D eigenvalue weighted by atomic mass is 10.2. The predicted molar refractivity (Wildman–Crippen MR) is 96.7 cm³/mol. The molecular formula is C19H14FN5. The van der Waals surface area contributed by atoms with Gasteiger partial charge < -0.3 is 10.6 Å². The maximum Gasteiger partial charge on any atom is 0.135 e. The van der Waals surface area contributed by atoms with Crippen molar-refractivity contribution >= 4 is 33.9 Å². The molecule has 0 aliphatic rings. The number of hydrogen-bond donors (Lipinski definition) is 2. The van der Waals surface area contributed by atoms with Gasteiger partial charge in [0.15, 0.2) is 0 Å². The summed E-state index contributed by atoms with van der Waals surface area (Å²) in [5.41, 5.74) is 2.49. The maximum absolute atomic E-state index is 13.0. The number of benzene rings is 2. The molecule has 0 fully saturated rings. The summed E-state index contributed by atoms with van der Waals surface area (Å²) in [4.78, 5) is 12.9. The lowest BCUT2D eigenvalue weighted by Crippen LogP contribution is -1.99. The van der Waals surface area contributed by atoms with Crippen LogP contribution in [0.25, 0.3) is 10.9 Å². The summed E-state index contributed by atoms with van der Waals surface area (Å²) in [6.45, 7) is 0. The Morgan fingerprint density at radius 3 is 2.36 bits per heavy atom. The van der Waals surface area contributed by atoms with E-state index in [-0.39, 0.29) is 5.82 Å². The van der Waals surface area contributed by atoms with Crippen molar-refractivity contribution in [2.75, 3.05) is 10.6 Å². The fraction of sp³-hybridized carbons (Fsp3) is 0. The molecule has 6 heteroatoms. The first-order valence-electron chi connectivity index (χ1n) is 7.73. The molecule has 0 saturated heterocycles. The minimum atomic E-state index is -0.279. The number of halogens is 1. The van der Waals surface area contributed by atoms with E-state index >= 15 is 0 Å². The van der Waals surface area contributed by atoms with Crippen LogP contribution in [-0.2, 0) is 0 Å². The van der Waals surface area contributed by atoms with Gasteiger partial charge >= 0.3 is 0 Å². The standard InChI is InChI=1S/C19H14FN5/c20-14-6-8-15(9-7-14)24-17-11-18(23-12-22-17)25-16-5-1-3-13-4-2-10-21-19(13)16/h1-12H,(H2,22,23,24,25).